The van der Waals surface area contributed by atoms with E-state index in [1.54, 1.807) is 14.2 Å². The second-order valence-electron chi connectivity index (χ2n) is 4.07. The Labute approximate surface area is 89.7 Å². The van der Waals surface area contributed by atoms with Gasteiger partial charge in [-0.15, -0.1) is 0 Å². The van der Waals surface area contributed by atoms with Crippen molar-refractivity contribution in [2.45, 2.75) is 52.7 Å². The third kappa shape index (κ3) is 2.79. The van der Waals surface area contributed by atoms with Crippen LogP contribution in [0.25, 0.3) is 0 Å². The Morgan fingerprint density at radius 3 is 1.43 bits per heavy atom. The minimum atomic E-state index is -2.14. The van der Waals surface area contributed by atoms with E-state index in [4.69, 9.17) is 8.85 Å². The van der Waals surface area contributed by atoms with Crippen LogP contribution in [0.4, 0.5) is 0 Å². The number of rotatable bonds is 6. The molecular formula is C10H25NO2Si. The number of hydrogen-bond donors (Lipinski definition) is 0. The Balaban J connectivity index is 4.90. The number of hydrogen-bond acceptors (Lipinski definition) is 3. The fourth-order valence-corrected chi connectivity index (χ4v) is 5.25. The first-order valence-corrected chi connectivity index (χ1v) is 7.31. The molecule has 0 unspecified atom stereocenters. The maximum Gasteiger partial charge on any atom is 0.427 e. The van der Waals surface area contributed by atoms with Gasteiger partial charge in [-0.1, -0.05) is 34.6 Å². The van der Waals surface area contributed by atoms with Crippen LogP contribution in [-0.2, 0) is 8.85 Å². The molecule has 0 radical (unpaired) electrons. The zero-order chi connectivity index (χ0) is 11.4. The van der Waals surface area contributed by atoms with Crippen molar-refractivity contribution in [3.05, 3.63) is 0 Å². The van der Waals surface area contributed by atoms with Gasteiger partial charge < -0.3 is 8.85 Å². The Morgan fingerprint density at radius 2 is 1.36 bits per heavy atom. The van der Waals surface area contributed by atoms with E-state index in [2.05, 4.69) is 39.2 Å². The van der Waals surface area contributed by atoms with Gasteiger partial charge in [-0.25, -0.2) is 0 Å². The van der Waals surface area contributed by atoms with Crippen LogP contribution in [0.5, 0.6) is 0 Å². The average molecular weight is 219 g/mol. The average Bonchev–Trinajstić information content (AvgIpc) is 2.12. The molecule has 0 fully saturated rings. The molecule has 0 saturated carbocycles. The lowest BCUT2D eigenvalue weighted by atomic mass is 10.3. The first-order chi connectivity index (χ1) is 6.45. The summed E-state index contributed by atoms with van der Waals surface area (Å²) in [7, 11) is 1.38. The summed E-state index contributed by atoms with van der Waals surface area (Å²) in [5.74, 6) is 0. The Hall–Kier alpha value is 0.0969. The quantitative estimate of drug-likeness (QED) is 0.640. The maximum atomic E-state index is 5.66. The summed E-state index contributed by atoms with van der Waals surface area (Å²) >= 11 is 0. The van der Waals surface area contributed by atoms with Crippen molar-refractivity contribution >= 4 is 8.72 Å². The molecule has 0 saturated heterocycles. The van der Waals surface area contributed by atoms with Crippen LogP contribution in [0, 0.1) is 0 Å². The molecule has 0 aliphatic carbocycles. The third-order valence-electron chi connectivity index (χ3n) is 2.59. The first-order valence-electron chi connectivity index (χ1n) is 5.33. The molecule has 0 aromatic heterocycles. The fourth-order valence-electron chi connectivity index (χ4n) is 2.15. The fraction of sp³-hybridized carbons (Fsp3) is 1.00. The van der Waals surface area contributed by atoms with E-state index in [-0.39, 0.29) is 0 Å². The Kier molecular flexibility index (Phi) is 5.89. The van der Waals surface area contributed by atoms with Crippen LogP contribution in [-0.4, -0.2) is 39.6 Å². The largest absolute Gasteiger partial charge is 0.427 e. The minimum absolute atomic E-state index is 0.460. The van der Waals surface area contributed by atoms with Crippen molar-refractivity contribution in [3.8, 4) is 0 Å². The van der Waals surface area contributed by atoms with E-state index in [9.17, 15) is 0 Å². The molecule has 0 rings (SSSR count). The summed E-state index contributed by atoms with van der Waals surface area (Å²) in [4.78, 5) is 0. The van der Waals surface area contributed by atoms with Crippen molar-refractivity contribution in [3.63, 3.8) is 0 Å². The summed E-state index contributed by atoms with van der Waals surface area (Å²) in [5, 5.41) is 0. The molecule has 0 aliphatic heterocycles. The van der Waals surface area contributed by atoms with Crippen molar-refractivity contribution in [2.75, 3.05) is 14.2 Å². The third-order valence-corrected chi connectivity index (χ3v) is 6.58. The SMILES string of the molecule is CC[Si](OC)(OC)N(C(C)C)C(C)C. The van der Waals surface area contributed by atoms with E-state index in [0.717, 1.165) is 6.04 Å². The van der Waals surface area contributed by atoms with E-state index in [0.29, 0.717) is 12.1 Å². The molecule has 0 amide bonds. The van der Waals surface area contributed by atoms with Gasteiger partial charge >= 0.3 is 8.72 Å². The van der Waals surface area contributed by atoms with Crippen LogP contribution in [0.2, 0.25) is 6.04 Å². The smallest absolute Gasteiger partial charge is 0.386 e. The highest BCUT2D eigenvalue weighted by Gasteiger charge is 2.44. The standard InChI is InChI=1S/C10H25NO2Si/c1-8-14(12-6,13-7)11(9(2)3)10(4)5/h9-10H,8H2,1-7H3. The molecule has 0 aromatic rings. The van der Waals surface area contributed by atoms with Gasteiger partial charge in [-0.2, -0.15) is 0 Å². The molecule has 0 bridgehead atoms. The summed E-state index contributed by atoms with van der Waals surface area (Å²) in [6.07, 6.45) is 0. The van der Waals surface area contributed by atoms with Gasteiger partial charge in [0.25, 0.3) is 0 Å². The molecule has 14 heavy (non-hydrogen) atoms. The van der Waals surface area contributed by atoms with Gasteiger partial charge in [0.15, 0.2) is 0 Å². The maximum absolute atomic E-state index is 5.66. The summed E-state index contributed by atoms with van der Waals surface area (Å²) < 4.78 is 13.7. The monoisotopic (exact) mass is 219 g/mol. The summed E-state index contributed by atoms with van der Waals surface area (Å²) in [6.45, 7) is 10.9. The topological polar surface area (TPSA) is 21.7 Å². The van der Waals surface area contributed by atoms with Gasteiger partial charge in [-0.05, 0) is 0 Å². The van der Waals surface area contributed by atoms with Crippen LogP contribution >= 0.6 is 0 Å². The lowest BCUT2D eigenvalue weighted by Crippen LogP contribution is -2.62. The zero-order valence-corrected chi connectivity index (χ0v) is 11.6. The van der Waals surface area contributed by atoms with Gasteiger partial charge in [0.1, 0.15) is 0 Å². The minimum Gasteiger partial charge on any atom is -0.386 e. The van der Waals surface area contributed by atoms with Crippen molar-refractivity contribution < 1.29 is 8.85 Å². The lowest BCUT2D eigenvalue weighted by Gasteiger charge is -2.42. The Morgan fingerprint density at radius 1 is 1.00 bits per heavy atom. The molecule has 3 nitrogen and oxygen atoms in total. The van der Waals surface area contributed by atoms with E-state index >= 15 is 0 Å². The predicted molar refractivity (Wildman–Crippen MR) is 62.4 cm³/mol. The second kappa shape index (κ2) is 5.85. The molecule has 86 valence electrons. The Bertz CT molecular complexity index is 142. The molecule has 0 aliphatic rings. The van der Waals surface area contributed by atoms with Gasteiger partial charge in [0.2, 0.25) is 0 Å². The van der Waals surface area contributed by atoms with Crippen LogP contribution in [0.1, 0.15) is 34.6 Å². The first kappa shape index (κ1) is 14.1. The zero-order valence-electron chi connectivity index (χ0n) is 10.6. The second-order valence-corrected chi connectivity index (χ2v) is 7.53. The van der Waals surface area contributed by atoms with E-state index in [1.165, 1.54) is 0 Å². The summed E-state index contributed by atoms with van der Waals surface area (Å²) in [5.41, 5.74) is 0. The van der Waals surface area contributed by atoms with Crippen molar-refractivity contribution in [1.29, 1.82) is 0 Å². The van der Waals surface area contributed by atoms with Crippen LogP contribution in [0.15, 0.2) is 0 Å². The van der Waals surface area contributed by atoms with Gasteiger partial charge in [-0.3, -0.25) is 4.57 Å². The van der Waals surface area contributed by atoms with Gasteiger partial charge in [0.05, 0.1) is 0 Å². The molecular weight excluding hydrogens is 194 g/mol. The molecule has 0 heterocycles. The summed E-state index contributed by atoms with van der Waals surface area (Å²) in [6, 6.07) is 1.87. The molecule has 0 aromatic carbocycles. The predicted octanol–water partition coefficient (Wildman–Crippen LogP) is 2.36. The van der Waals surface area contributed by atoms with Crippen molar-refractivity contribution in [1.82, 2.24) is 4.57 Å². The molecule has 0 atom stereocenters. The number of nitrogens with zero attached hydrogens (tertiary/aromatic N) is 1. The van der Waals surface area contributed by atoms with Gasteiger partial charge in [0, 0.05) is 32.3 Å². The normalized spacial score (nSPS) is 13.3. The molecule has 0 N–H and O–H groups in total. The lowest BCUT2D eigenvalue weighted by molar-refractivity contribution is 0.126. The van der Waals surface area contributed by atoms with Crippen molar-refractivity contribution in [2.24, 2.45) is 0 Å². The molecule has 4 heteroatoms. The molecule has 0 spiro atoms. The van der Waals surface area contributed by atoms with Crippen LogP contribution in [0.3, 0.4) is 0 Å². The highest BCUT2D eigenvalue weighted by molar-refractivity contribution is 6.64. The highest BCUT2D eigenvalue weighted by atomic mass is 28.4. The van der Waals surface area contributed by atoms with Crippen LogP contribution < -0.4 is 0 Å². The van der Waals surface area contributed by atoms with E-state index in [1.807, 2.05) is 0 Å². The highest BCUT2D eigenvalue weighted by Crippen LogP contribution is 2.22. The van der Waals surface area contributed by atoms with E-state index < -0.39 is 8.72 Å².